The van der Waals surface area contributed by atoms with Crippen molar-refractivity contribution in [3.63, 3.8) is 0 Å². The number of rotatable bonds is 2. The number of nitrogens with zero attached hydrogens (tertiary/aromatic N) is 2. The van der Waals surface area contributed by atoms with E-state index in [1.165, 1.54) is 11.1 Å². The second-order valence-electron chi connectivity index (χ2n) is 11.4. The smallest absolute Gasteiger partial charge is 0.147 e. The monoisotopic (exact) mass is 528 g/mol. The number of aromatic nitrogens is 2. The summed E-state index contributed by atoms with van der Waals surface area (Å²) in [5.41, 5.74) is 11.6. The number of hydrogen-bond acceptors (Lipinski definition) is 4. The zero-order valence-corrected chi connectivity index (χ0v) is 22.6. The molecule has 4 heteroatoms. The van der Waals surface area contributed by atoms with Crippen LogP contribution in [0.25, 0.3) is 77.6 Å². The number of hydrogen-bond donors (Lipinski definition) is 0. The van der Waals surface area contributed by atoms with Crippen LogP contribution in [0.3, 0.4) is 0 Å². The normalized spacial score (nSPS) is 13.8. The van der Waals surface area contributed by atoms with Crippen molar-refractivity contribution < 1.29 is 8.83 Å². The van der Waals surface area contributed by atoms with Gasteiger partial charge in [-0.3, -0.25) is 4.98 Å². The van der Waals surface area contributed by atoms with E-state index in [4.69, 9.17) is 18.8 Å². The molecule has 0 saturated carbocycles. The molecule has 41 heavy (non-hydrogen) atoms. The van der Waals surface area contributed by atoms with E-state index in [2.05, 4.69) is 86.6 Å². The molecule has 0 unspecified atom stereocenters. The number of benzene rings is 4. The minimum Gasteiger partial charge on any atom is -0.455 e. The van der Waals surface area contributed by atoms with Gasteiger partial charge in [0, 0.05) is 38.7 Å². The molecule has 0 amide bonds. The van der Waals surface area contributed by atoms with Gasteiger partial charge in [0.25, 0.3) is 0 Å². The molecule has 4 heterocycles. The average Bonchev–Trinajstić information content (AvgIpc) is 3.64. The Morgan fingerprint density at radius 1 is 0.561 bits per heavy atom. The zero-order valence-electron chi connectivity index (χ0n) is 22.6. The van der Waals surface area contributed by atoms with Crippen molar-refractivity contribution in [1.82, 2.24) is 9.97 Å². The molecule has 4 aromatic heterocycles. The quantitative estimate of drug-likeness (QED) is 0.224. The van der Waals surface area contributed by atoms with E-state index >= 15 is 0 Å². The molecular formula is C37H24N2O2. The van der Waals surface area contributed by atoms with Crippen molar-refractivity contribution in [3.8, 4) is 33.8 Å². The molecule has 4 nitrogen and oxygen atoms in total. The lowest BCUT2D eigenvalue weighted by molar-refractivity contribution is 0.657. The lowest BCUT2D eigenvalue weighted by Crippen LogP contribution is -2.15. The summed E-state index contributed by atoms with van der Waals surface area (Å²) in [6.07, 6.45) is 1.85. The predicted octanol–water partition coefficient (Wildman–Crippen LogP) is 9.92. The van der Waals surface area contributed by atoms with Gasteiger partial charge < -0.3 is 8.83 Å². The highest BCUT2D eigenvalue weighted by Gasteiger charge is 2.37. The minimum atomic E-state index is -0.129. The molecule has 0 spiro atoms. The molecule has 0 N–H and O–H groups in total. The summed E-state index contributed by atoms with van der Waals surface area (Å²) in [5.74, 6) is 0. The van der Waals surface area contributed by atoms with Crippen molar-refractivity contribution in [3.05, 3.63) is 120 Å². The van der Waals surface area contributed by atoms with Crippen LogP contribution < -0.4 is 0 Å². The van der Waals surface area contributed by atoms with Gasteiger partial charge in [0.15, 0.2) is 0 Å². The fourth-order valence-corrected chi connectivity index (χ4v) is 6.68. The molecule has 1 aliphatic rings. The van der Waals surface area contributed by atoms with Gasteiger partial charge in [-0.15, -0.1) is 0 Å². The van der Waals surface area contributed by atoms with E-state index in [9.17, 15) is 0 Å². The summed E-state index contributed by atoms with van der Waals surface area (Å²) in [6.45, 7) is 4.49. The molecule has 0 saturated heterocycles. The van der Waals surface area contributed by atoms with Gasteiger partial charge >= 0.3 is 0 Å². The highest BCUT2D eigenvalue weighted by atomic mass is 16.3. The Balaban J connectivity index is 1.30. The summed E-state index contributed by atoms with van der Waals surface area (Å²) in [7, 11) is 0. The summed E-state index contributed by atoms with van der Waals surface area (Å²) in [4.78, 5) is 9.90. The molecule has 0 aliphatic heterocycles. The maximum atomic E-state index is 6.53. The summed E-state index contributed by atoms with van der Waals surface area (Å²) in [5, 5.41) is 4.36. The molecule has 194 valence electrons. The van der Waals surface area contributed by atoms with Crippen molar-refractivity contribution in [2.75, 3.05) is 0 Å². The Bertz CT molecular complexity index is 2270. The molecule has 0 fully saturated rings. The van der Waals surface area contributed by atoms with Gasteiger partial charge in [-0.05, 0) is 53.1 Å². The third-order valence-corrected chi connectivity index (χ3v) is 8.73. The lowest BCUT2D eigenvalue weighted by atomic mass is 9.83. The Morgan fingerprint density at radius 3 is 1.95 bits per heavy atom. The molecular weight excluding hydrogens is 504 g/mol. The van der Waals surface area contributed by atoms with Crippen LogP contribution in [0.15, 0.2) is 118 Å². The predicted molar refractivity (Wildman–Crippen MR) is 165 cm³/mol. The Labute approximate surface area is 235 Å². The first-order chi connectivity index (χ1) is 20.1. The first-order valence-electron chi connectivity index (χ1n) is 13.9. The standard InChI is InChI=1S/C37H24N2O2/c1-37(2)27-13-8-18-38-33(27)34-28(37)16-17-29(39-34)21-9-7-10-22(19-21)32-35-25(23-11-3-5-14-30(23)40-35)20-26-24-12-4-6-15-31(24)41-36(26)32/h3-20H,1-2H3. The van der Waals surface area contributed by atoms with E-state index in [1.807, 2.05) is 36.5 Å². The molecule has 8 aromatic rings. The van der Waals surface area contributed by atoms with Gasteiger partial charge in [-0.1, -0.05) is 80.6 Å². The molecule has 0 atom stereocenters. The zero-order chi connectivity index (χ0) is 27.3. The molecule has 9 rings (SSSR count). The first kappa shape index (κ1) is 22.6. The average molecular weight is 529 g/mol. The van der Waals surface area contributed by atoms with E-state index in [0.717, 1.165) is 77.6 Å². The van der Waals surface area contributed by atoms with E-state index in [-0.39, 0.29) is 5.41 Å². The molecule has 0 bridgehead atoms. The third-order valence-electron chi connectivity index (χ3n) is 8.73. The van der Waals surface area contributed by atoms with Crippen LogP contribution in [-0.4, -0.2) is 9.97 Å². The van der Waals surface area contributed by atoms with Gasteiger partial charge in [-0.25, -0.2) is 4.98 Å². The summed E-state index contributed by atoms with van der Waals surface area (Å²) >= 11 is 0. The second kappa shape index (κ2) is 7.92. The molecule has 4 aromatic carbocycles. The van der Waals surface area contributed by atoms with Crippen LogP contribution in [0.5, 0.6) is 0 Å². The fraction of sp³-hybridized carbons (Fsp3) is 0.0811. The summed E-state index contributed by atoms with van der Waals surface area (Å²) < 4.78 is 13.1. The van der Waals surface area contributed by atoms with Crippen LogP contribution in [0, 0.1) is 0 Å². The third kappa shape index (κ3) is 3.05. The lowest BCUT2D eigenvalue weighted by Gasteiger charge is -2.20. The number of furan rings is 2. The number of fused-ring (bicyclic) bond motifs is 9. The van der Waals surface area contributed by atoms with Gasteiger partial charge in [0.2, 0.25) is 0 Å². The first-order valence-corrected chi connectivity index (χ1v) is 13.9. The van der Waals surface area contributed by atoms with Crippen molar-refractivity contribution in [1.29, 1.82) is 0 Å². The second-order valence-corrected chi connectivity index (χ2v) is 11.4. The Kier molecular flexibility index (Phi) is 4.36. The van der Waals surface area contributed by atoms with Crippen LogP contribution in [-0.2, 0) is 5.41 Å². The van der Waals surface area contributed by atoms with Crippen molar-refractivity contribution in [2.24, 2.45) is 0 Å². The van der Waals surface area contributed by atoms with Gasteiger partial charge in [-0.2, -0.15) is 0 Å². The SMILES string of the molecule is CC1(C)c2cccnc2-c2nc(-c3cccc(-c4c5oc6ccccc6c5cc5c4oc4ccccc45)c3)ccc21. The fourth-order valence-electron chi connectivity index (χ4n) is 6.68. The maximum absolute atomic E-state index is 6.53. The topological polar surface area (TPSA) is 52.1 Å². The van der Waals surface area contributed by atoms with Gasteiger partial charge in [0.05, 0.1) is 22.6 Å². The van der Waals surface area contributed by atoms with Crippen LogP contribution in [0.2, 0.25) is 0 Å². The largest absolute Gasteiger partial charge is 0.455 e. The van der Waals surface area contributed by atoms with Crippen LogP contribution >= 0.6 is 0 Å². The number of pyridine rings is 2. The highest BCUT2D eigenvalue weighted by Crippen LogP contribution is 2.48. The maximum Gasteiger partial charge on any atom is 0.147 e. The van der Waals surface area contributed by atoms with Gasteiger partial charge in [0.1, 0.15) is 22.3 Å². The highest BCUT2D eigenvalue weighted by molar-refractivity contribution is 6.22. The van der Waals surface area contributed by atoms with Crippen LogP contribution in [0.4, 0.5) is 0 Å². The van der Waals surface area contributed by atoms with Crippen LogP contribution in [0.1, 0.15) is 25.0 Å². The summed E-state index contributed by atoms with van der Waals surface area (Å²) in [6, 6.07) is 35.7. The minimum absolute atomic E-state index is 0.129. The number of para-hydroxylation sites is 2. The Morgan fingerprint density at radius 2 is 1.22 bits per heavy atom. The van der Waals surface area contributed by atoms with E-state index in [0.29, 0.717) is 0 Å². The molecule has 1 aliphatic carbocycles. The Hall–Kier alpha value is -5.22. The van der Waals surface area contributed by atoms with Crippen molar-refractivity contribution >= 4 is 43.9 Å². The van der Waals surface area contributed by atoms with Crippen molar-refractivity contribution in [2.45, 2.75) is 19.3 Å². The van der Waals surface area contributed by atoms with E-state index < -0.39 is 0 Å². The molecule has 0 radical (unpaired) electrons. The van der Waals surface area contributed by atoms with E-state index in [1.54, 1.807) is 0 Å².